The summed E-state index contributed by atoms with van der Waals surface area (Å²) in [4.78, 5) is 23.0. The van der Waals surface area contributed by atoms with Gasteiger partial charge in [0, 0.05) is 6.54 Å². The van der Waals surface area contributed by atoms with E-state index in [1.807, 2.05) is 19.1 Å². The van der Waals surface area contributed by atoms with E-state index in [1.165, 1.54) is 0 Å². The van der Waals surface area contributed by atoms with Crippen LogP contribution in [0.4, 0.5) is 10.5 Å². The number of carbonyl (C=O) groups excluding carboxylic acids is 2. The molecule has 0 aliphatic rings. The largest absolute Gasteiger partial charge is 0.373 e. The Morgan fingerprint density at radius 1 is 1.37 bits per heavy atom. The van der Waals surface area contributed by atoms with E-state index in [0.717, 1.165) is 5.56 Å². The fourth-order valence-corrected chi connectivity index (χ4v) is 1.65. The number of benzene rings is 1. The number of hydrogen-bond acceptors (Lipinski definition) is 3. The molecule has 0 aromatic heterocycles. The zero-order valence-electron chi connectivity index (χ0n) is 11.2. The predicted molar refractivity (Wildman–Crippen MR) is 76.5 cm³/mol. The van der Waals surface area contributed by atoms with Gasteiger partial charge in [0.25, 0.3) is 0 Å². The molecule has 6 heteroatoms. The maximum absolute atomic E-state index is 11.8. The molecule has 1 aromatic carbocycles. The summed E-state index contributed by atoms with van der Waals surface area (Å²) in [5.41, 5.74) is 1.70. The van der Waals surface area contributed by atoms with Gasteiger partial charge in [0.15, 0.2) is 0 Å². The number of imide groups is 1. The van der Waals surface area contributed by atoms with E-state index in [9.17, 15) is 9.59 Å². The molecule has 0 heterocycles. The van der Waals surface area contributed by atoms with E-state index >= 15 is 0 Å². The van der Waals surface area contributed by atoms with Crippen LogP contribution < -0.4 is 16.0 Å². The van der Waals surface area contributed by atoms with Crippen LogP contribution in [0.3, 0.4) is 0 Å². The highest BCUT2D eigenvalue weighted by Crippen LogP contribution is 2.23. The number of rotatable bonds is 4. The van der Waals surface area contributed by atoms with E-state index in [1.54, 1.807) is 19.9 Å². The number of aryl methyl sites for hydroxylation is 1. The number of urea groups is 1. The van der Waals surface area contributed by atoms with Crippen LogP contribution in [0.5, 0.6) is 0 Å². The molecule has 0 radical (unpaired) electrons. The standard InChI is InChI=1S/C13H18ClN3O2/c1-4-15-13(19)17-12(18)9(3)16-11-7-8(2)5-6-10(11)14/h5-7,9,16H,4H2,1-3H3,(H2,15,17,18,19). The van der Waals surface area contributed by atoms with E-state index in [2.05, 4.69) is 16.0 Å². The average Bonchev–Trinajstić information content (AvgIpc) is 2.34. The van der Waals surface area contributed by atoms with E-state index in [-0.39, 0.29) is 0 Å². The van der Waals surface area contributed by atoms with Crippen molar-refractivity contribution < 1.29 is 9.59 Å². The smallest absolute Gasteiger partial charge is 0.321 e. The van der Waals surface area contributed by atoms with Gasteiger partial charge in [0.2, 0.25) is 5.91 Å². The highest BCUT2D eigenvalue weighted by Gasteiger charge is 2.16. The zero-order chi connectivity index (χ0) is 14.4. The average molecular weight is 284 g/mol. The van der Waals surface area contributed by atoms with Gasteiger partial charge in [-0.15, -0.1) is 0 Å². The third kappa shape index (κ3) is 4.79. The van der Waals surface area contributed by atoms with Crippen LogP contribution >= 0.6 is 11.6 Å². The van der Waals surface area contributed by atoms with Crippen LogP contribution in [0.1, 0.15) is 19.4 Å². The maximum Gasteiger partial charge on any atom is 0.321 e. The minimum atomic E-state index is -0.568. The monoisotopic (exact) mass is 283 g/mol. The number of amides is 3. The number of nitrogens with one attached hydrogen (secondary N) is 3. The molecule has 104 valence electrons. The summed E-state index contributed by atoms with van der Waals surface area (Å²) < 4.78 is 0. The second kappa shape index (κ2) is 6.99. The van der Waals surface area contributed by atoms with Gasteiger partial charge in [0.1, 0.15) is 6.04 Å². The Morgan fingerprint density at radius 2 is 2.05 bits per heavy atom. The Bertz CT molecular complexity index is 477. The maximum atomic E-state index is 11.8. The first kappa shape index (κ1) is 15.3. The van der Waals surface area contributed by atoms with Crippen molar-refractivity contribution in [3.8, 4) is 0 Å². The van der Waals surface area contributed by atoms with E-state index in [4.69, 9.17) is 11.6 Å². The molecule has 3 N–H and O–H groups in total. The number of carbonyl (C=O) groups is 2. The third-order valence-electron chi connectivity index (χ3n) is 2.46. The zero-order valence-corrected chi connectivity index (χ0v) is 12.0. The van der Waals surface area contributed by atoms with Crippen molar-refractivity contribution in [1.29, 1.82) is 0 Å². The lowest BCUT2D eigenvalue weighted by atomic mass is 10.2. The van der Waals surface area contributed by atoms with Gasteiger partial charge in [-0.3, -0.25) is 10.1 Å². The summed E-state index contributed by atoms with van der Waals surface area (Å²) in [6, 6.07) is 4.41. The number of hydrogen-bond donors (Lipinski definition) is 3. The predicted octanol–water partition coefficient (Wildman–Crippen LogP) is 2.29. The second-order valence-corrected chi connectivity index (χ2v) is 4.61. The molecule has 1 atom stereocenters. The Morgan fingerprint density at radius 3 is 2.68 bits per heavy atom. The molecule has 0 saturated carbocycles. The summed E-state index contributed by atoms with van der Waals surface area (Å²) >= 11 is 6.03. The Balaban J connectivity index is 2.63. The molecule has 1 aromatic rings. The van der Waals surface area contributed by atoms with Gasteiger partial charge < -0.3 is 10.6 Å². The minimum absolute atomic E-state index is 0.413. The van der Waals surface area contributed by atoms with Crippen molar-refractivity contribution in [2.45, 2.75) is 26.8 Å². The van der Waals surface area contributed by atoms with Crippen LogP contribution in [0.2, 0.25) is 5.02 Å². The molecule has 1 unspecified atom stereocenters. The summed E-state index contributed by atoms with van der Waals surface area (Å²) in [7, 11) is 0. The summed E-state index contributed by atoms with van der Waals surface area (Å²) in [5, 5.41) is 8.24. The molecule has 0 saturated heterocycles. The molecule has 0 fully saturated rings. The van der Waals surface area contributed by atoms with Crippen LogP contribution in [-0.4, -0.2) is 24.5 Å². The molecular weight excluding hydrogens is 266 g/mol. The van der Waals surface area contributed by atoms with Crippen molar-refractivity contribution in [1.82, 2.24) is 10.6 Å². The molecule has 3 amide bonds. The lowest BCUT2D eigenvalue weighted by Crippen LogP contribution is -2.45. The molecule has 5 nitrogen and oxygen atoms in total. The van der Waals surface area contributed by atoms with Gasteiger partial charge in [-0.2, -0.15) is 0 Å². The van der Waals surface area contributed by atoms with Crippen molar-refractivity contribution >= 4 is 29.2 Å². The highest BCUT2D eigenvalue weighted by molar-refractivity contribution is 6.33. The summed E-state index contributed by atoms with van der Waals surface area (Å²) in [6.45, 7) is 5.83. The molecule has 0 aliphatic heterocycles. The third-order valence-corrected chi connectivity index (χ3v) is 2.79. The first-order valence-corrected chi connectivity index (χ1v) is 6.43. The normalized spacial score (nSPS) is 11.6. The molecule has 0 spiro atoms. The summed E-state index contributed by atoms with van der Waals surface area (Å²) in [5.74, 6) is -0.413. The summed E-state index contributed by atoms with van der Waals surface area (Å²) in [6.07, 6.45) is 0. The molecule has 0 bridgehead atoms. The first-order valence-electron chi connectivity index (χ1n) is 6.05. The number of anilines is 1. The van der Waals surface area contributed by atoms with Crippen molar-refractivity contribution in [3.05, 3.63) is 28.8 Å². The first-order chi connectivity index (χ1) is 8.93. The quantitative estimate of drug-likeness (QED) is 0.794. The molecule has 0 aliphatic carbocycles. The lowest BCUT2D eigenvalue weighted by Gasteiger charge is -2.16. The Hall–Kier alpha value is -1.75. The fraction of sp³-hybridized carbons (Fsp3) is 0.385. The highest BCUT2D eigenvalue weighted by atomic mass is 35.5. The van der Waals surface area contributed by atoms with Crippen molar-refractivity contribution in [2.75, 3.05) is 11.9 Å². The molecular formula is C13H18ClN3O2. The van der Waals surface area contributed by atoms with Gasteiger partial charge in [0.05, 0.1) is 10.7 Å². The van der Waals surface area contributed by atoms with E-state index < -0.39 is 18.0 Å². The van der Waals surface area contributed by atoms with E-state index in [0.29, 0.717) is 17.3 Å². The van der Waals surface area contributed by atoms with Gasteiger partial charge >= 0.3 is 6.03 Å². The minimum Gasteiger partial charge on any atom is -0.373 e. The SMILES string of the molecule is CCNC(=O)NC(=O)C(C)Nc1cc(C)ccc1Cl. The van der Waals surface area contributed by atoms with Crippen molar-refractivity contribution in [2.24, 2.45) is 0 Å². The van der Waals surface area contributed by atoms with Crippen LogP contribution in [0, 0.1) is 6.92 Å². The van der Waals surface area contributed by atoms with Crippen LogP contribution in [0.15, 0.2) is 18.2 Å². The second-order valence-electron chi connectivity index (χ2n) is 4.20. The Labute approximate surface area is 117 Å². The lowest BCUT2D eigenvalue weighted by molar-refractivity contribution is -0.120. The number of halogens is 1. The van der Waals surface area contributed by atoms with Gasteiger partial charge in [-0.05, 0) is 38.5 Å². The molecule has 1 rings (SSSR count). The van der Waals surface area contributed by atoms with Gasteiger partial charge in [-0.1, -0.05) is 17.7 Å². The van der Waals surface area contributed by atoms with Crippen LogP contribution in [0.25, 0.3) is 0 Å². The van der Waals surface area contributed by atoms with Crippen molar-refractivity contribution in [3.63, 3.8) is 0 Å². The van der Waals surface area contributed by atoms with Gasteiger partial charge in [-0.25, -0.2) is 4.79 Å². The Kier molecular flexibility index (Phi) is 5.63. The fourth-order valence-electron chi connectivity index (χ4n) is 1.47. The topological polar surface area (TPSA) is 70.2 Å². The molecule has 19 heavy (non-hydrogen) atoms. The van der Waals surface area contributed by atoms with Crippen LogP contribution in [-0.2, 0) is 4.79 Å².